The molecule has 84 valence electrons. The lowest BCUT2D eigenvalue weighted by molar-refractivity contribution is 0.391. The molecule has 1 aromatic rings. The first-order valence-electron chi connectivity index (χ1n) is 3.69. The Balaban J connectivity index is 2.83. The molecule has 0 unspecified atom stereocenters. The minimum atomic E-state index is -4.58. The highest BCUT2D eigenvalue weighted by Crippen LogP contribution is 2.13. The summed E-state index contributed by atoms with van der Waals surface area (Å²) in [4.78, 5) is 0. The van der Waals surface area contributed by atoms with Crippen LogP contribution in [0.15, 0.2) is 30.3 Å². The van der Waals surface area contributed by atoms with E-state index in [-0.39, 0.29) is 5.75 Å². The molecule has 0 radical (unpaired) electrons. The highest BCUT2D eigenvalue weighted by atomic mass is 32.3. The van der Waals surface area contributed by atoms with Crippen molar-refractivity contribution in [3.8, 4) is 5.75 Å². The van der Waals surface area contributed by atoms with Crippen LogP contribution in [0.4, 0.5) is 0 Å². The number of hydrogen-bond acceptors (Lipinski definition) is 6. The Bertz CT molecular complexity index is 516. The fourth-order valence-corrected chi connectivity index (χ4v) is 2.43. The van der Waals surface area contributed by atoms with Crippen molar-refractivity contribution < 1.29 is 24.6 Å². The van der Waals surface area contributed by atoms with Crippen LogP contribution in [0.2, 0.25) is 0 Å². The SMILES string of the molecule is CS(=O)(=O)OS(=O)(=O)Oc1ccccc1. The first-order chi connectivity index (χ1) is 6.79. The van der Waals surface area contributed by atoms with Gasteiger partial charge in [0.05, 0.1) is 6.26 Å². The summed E-state index contributed by atoms with van der Waals surface area (Å²) >= 11 is 0. The highest BCUT2D eigenvalue weighted by Gasteiger charge is 2.20. The second-order valence-corrected chi connectivity index (χ2v) is 5.51. The topological polar surface area (TPSA) is 86.7 Å². The van der Waals surface area contributed by atoms with E-state index in [1.807, 2.05) is 0 Å². The van der Waals surface area contributed by atoms with Gasteiger partial charge < -0.3 is 4.18 Å². The molecule has 0 spiro atoms. The average Bonchev–Trinajstić information content (AvgIpc) is 1.99. The van der Waals surface area contributed by atoms with Gasteiger partial charge in [0.1, 0.15) is 5.75 Å². The quantitative estimate of drug-likeness (QED) is 0.765. The molecule has 0 fully saturated rings. The zero-order valence-electron chi connectivity index (χ0n) is 7.65. The molecule has 0 N–H and O–H groups in total. The summed E-state index contributed by atoms with van der Waals surface area (Å²) in [5.74, 6) is -0.0267. The molecule has 1 aromatic carbocycles. The molecular formula is C7H8O6S2. The van der Waals surface area contributed by atoms with Crippen molar-refractivity contribution in [2.24, 2.45) is 0 Å². The molecule has 0 aromatic heterocycles. The first kappa shape index (κ1) is 12.0. The molecule has 1 rings (SSSR count). The van der Waals surface area contributed by atoms with Crippen LogP contribution in [-0.2, 0) is 24.1 Å². The summed E-state index contributed by atoms with van der Waals surface area (Å²) < 4.78 is 51.2. The summed E-state index contributed by atoms with van der Waals surface area (Å²) in [5, 5.41) is 0. The number of benzene rings is 1. The predicted octanol–water partition coefficient (Wildman–Crippen LogP) is 0.286. The van der Waals surface area contributed by atoms with Crippen molar-refractivity contribution >= 4 is 20.5 Å². The Morgan fingerprint density at radius 1 is 1.00 bits per heavy atom. The minimum Gasteiger partial charge on any atom is -0.361 e. The average molecular weight is 252 g/mol. The summed E-state index contributed by atoms with van der Waals surface area (Å²) in [7, 11) is -8.70. The Morgan fingerprint density at radius 3 is 2.00 bits per heavy atom. The van der Waals surface area contributed by atoms with Crippen molar-refractivity contribution in [1.29, 1.82) is 0 Å². The number of hydrogen-bond donors (Lipinski definition) is 0. The molecule has 8 heteroatoms. The summed E-state index contributed by atoms with van der Waals surface area (Å²) in [6, 6.07) is 7.42. The predicted molar refractivity (Wildman–Crippen MR) is 51.9 cm³/mol. The molecule has 0 atom stereocenters. The van der Waals surface area contributed by atoms with Crippen LogP contribution in [0.5, 0.6) is 5.75 Å². The van der Waals surface area contributed by atoms with Gasteiger partial charge in [0, 0.05) is 0 Å². The third kappa shape index (κ3) is 4.77. The van der Waals surface area contributed by atoms with Gasteiger partial charge in [0.15, 0.2) is 0 Å². The molecule has 0 bridgehead atoms. The van der Waals surface area contributed by atoms with E-state index in [0.717, 1.165) is 0 Å². The molecule has 0 aliphatic heterocycles. The molecule has 0 amide bonds. The lowest BCUT2D eigenvalue weighted by atomic mass is 10.3. The number of rotatable bonds is 4. The van der Waals surface area contributed by atoms with Gasteiger partial charge >= 0.3 is 10.4 Å². The second-order valence-electron chi connectivity index (χ2n) is 2.58. The van der Waals surface area contributed by atoms with Crippen LogP contribution in [0.25, 0.3) is 0 Å². The van der Waals surface area contributed by atoms with Gasteiger partial charge in [-0.15, -0.1) is 3.63 Å². The standard InChI is InChI=1S/C7H8O6S2/c1-14(8,9)13-15(10,11)12-7-5-3-2-4-6-7/h2-6H,1H3. The molecule has 0 heterocycles. The van der Waals surface area contributed by atoms with E-state index in [0.29, 0.717) is 6.26 Å². The van der Waals surface area contributed by atoms with E-state index < -0.39 is 20.5 Å². The molecule has 15 heavy (non-hydrogen) atoms. The van der Waals surface area contributed by atoms with E-state index in [1.54, 1.807) is 6.07 Å². The lowest BCUT2D eigenvalue weighted by Gasteiger charge is -2.04. The van der Waals surface area contributed by atoms with Crippen molar-refractivity contribution in [2.75, 3.05) is 6.26 Å². The van der Waals surface area contributed by atoms with Crippen LogP contribution in [0.1, 0.15) is 0 Å². The maximum Gasteiger partial charge on any atom is 0.464 e. The maximum absolute atomic E-state index is 11.0. The van der Waals surface area contributed by atoms with Crippen LogP contribution < -0.4 is 4.18 Å². The van der Waals surface area contributed by atoms with Gasteiger partial charge in [-0.3, -0.25) is 0 Å². The van der Waals surface area contributed by atoms with Crippen molar-refractivity contribution in [2.45, 2.75) is 0 Å². The molecule has 0 aliphatic rings. The molecule has 0 aliphatic carbocycles. The molecule has 6 nitrogen and oxygen atoms in total. The summed E-state index contributed by atoms with van der Waals surface area (Å²) in [6.07, 6.45) is 0.610. The smallest absolute Gasteiger partial charge is 0.361 e. The first-order valence-corrected chi connectivity index (χ1v) is 6.84. The van der Waals surface area contributed by atoms with Gasteiger partial charge in [-0.1, -0.05) is 18.2 Å². The third-order valence-electron chi connectivity index (χ3n) is 1.15. The molecule has 0 saturated carbocycles. The Hall–Kier alpha value is -1.12. The largest absolute Gasteiger partial charge is 0.464 e. The van der Waals surface area contributed by atoms with E-state index in [2.05, 4.69) is 7.81 Å². The maximum atomic E-state index is 11.0. The molecule has 0 saturated heterocycles. The van der Waals surface area contributed by atoms with Crippen LogP contribution in [0.3, 0.4) is 0 Å². The van der Waals surface area contributed by atoms with E-state index >= 15 is 0 Å². The normalized spacial score (nSPS) is 12.3. The van der Waals surface area contributed by atoms with Crippen LogP contribution >= 0.6 is 0 Å². The second kappa shape index (κ2) is 4.17. The zero-order valence-corrected chi connectivity index (χ0v) is 9.29. The summed E-state index contributed by atoms with van der Waals surface area (Å²) in [6.45, 7) is 0. The van der Waals surface area contributed by atoms with Gasteiger partial charge in [-0.2, -0.15) is 16.8 Å². The van der Waals surface area contributed by atoms with Gasteiger partial charge in [0.2, 0.25) is 0 Å². The zero-order chi connectivity index (χ0) is 11.5. The lowest BCUT2D eigenvalue weighted by Crippen LogP contribution is -2.17. The number of para-hydroxylation sites is 1. The van der Waals surface area contributed by atoms with Crippen molar-refractivity contribution in [1.82, 2.24) is 0 Å². The Morgan fingerprint density at radius 2 is 1.53 bits per heavy atom. The van der Waals surface area contributed by atoms with E-state index in [9.17, 15) is 16.8 Å². The summed E-state index contributed by atoms with van der Waals surface area (Å²) in [5.41, 5.74) is 0. The van der Waals surface area contributed by atoms with E-state index in [1.165, 1.54) is 24.3 Å². The molecular weight excluding hydrogens is 244 g/mol. The van der Waals surface area contributed by atoms with E-state index in [4.69, 9.17) is 0 Å². The monoisotopic (exact) mass is 252 g/mol. The van der Waals surface area contributed by atoms with Crippen LogP contribution in [-0.4, -0.2) is 23.1 Å². The third-order valence-corrected chi connectivity index (χ3v) is 3.20. The van der Waals surface area contributed by atoms with Gasteiger partial charge in [0.25, 0.3) is 10.1 Å². The highest BCUT2D eigenvalue weighted by molar-refractivity contribution is 7.97. The van der Waals surface area contributed by atoms with Gasteiger partial charge in [-0.05, 0) is 12.1 Å². The van der Waals surface area contributed by atoms with Crippen molar-refractivity contribution in [3.05, 3.63) is 30.3 Å². The van der Waals surface area contributed by atoms with Crippen molar-refractivity contribution in [3.63, 3.8) is 0 Å². The fourth-order valence-electron chi connectivity index (χ4n) is 0.759. The van der Waals surface area contributed by atoms with Crippen LogP contribution in [0, 0.1) is 0 Å². The Kier molecular flexibility index (Phi) is 3.32. The van der Waals surface area contributed by atoms with Gasteiger partial charge in [-0.25, -0.2) is 0 Å². The minimum absolute atomic E-state index is 0.0267. The Labute approximate surface area is 87.9 Å². The fraction of sp³-hybridized carbons (Fsp3) is 0.143.